The number of carbonyl (C=O) groups excluding carboxylic acids is 2. The molecule has 1 aliphatic heterocycles. The van der Waals surface area contributed by atoms with E-state index in [4.69, 9.17) is 9.47 Å². The summed E-state index contributed by atoms with van der Waals surface area (Å²) in [5.41, 5.74) is 3.40. The smallest absolute Gasteiger partial charge is 0.228 e. The summed E-state index contributed by atoms with van der Waals surface area (Å²) in [5, 5.41) is 5.72. The molecule has 1 heterocycles. The number of carbonyl (C=O) groups is 2. The van der Waals surface area contributed by atoms with E-state index in [1.807, 2.05) is 18.2 Å². The number of ether oxygens (including phenoxy) is 2. The van der Waals surface area contributed by atoms with Crippen LogP contribution >= 0.6 is 0 Å². The Bertz CT molecular complexity index is 817. The molecule has 2 aromatic carbocycles. The van der Waals surface area contributed by atoms with Gasteiger partial charge in [0, 0.05) is 17.8 Å². The molecule has 25 heavy (non-hydrogen) atoms. The largest absolute Gasteiger partial charge is 0.493 e. The van der Waals surface area contributed by atoms with Crippen LogP contribution in [0.25, 0.3) is 0 Å². The first-order chi connectivity index (χ1) is 12.1. The van der Waals surface area contributed by atoms with Gasteiger partial charge in [-0.1, -0.05) is 6.07 Å². The van der Waals surface area contributed by atoms with E-state index in [1.54, 1.807) is 32.4 Å². The van der Waals surface area contributed by atoms with Crippen LogP contribution in [0.2, 0.25) is 0 Å². The van der Waals surface area contributed by atoms with E-state index < -0.39 is 0 Å². The van der Waals surface area contributed by atoms with Crippen molar-refractivity contribution in [2.75, 3.05) is 24.9 Å². The Morgan fingerprint density at radius 1 is 1.08 bits per heavy atom. The highest BCUT2D eigenvalue weighted by atomic mass is 16.5. The van der Waals surface area contributed by atoms with E-state index >= 15 is 0 Å². The van der Waals surface area contributed by atoms with E-state index in [1.165, 1.54) is 0 Å². The highest BCUT2D eigenvalue weighted by Crippen LogP contribution is 2.28. The van der Waals surface area contributed by atoms with Gasteiger partial charge < -0.3 is 20.1 Å². The lowest BCUT2D eigenvalue weighted by atomic mass is 10.0. The van der Waals surface area contributed by atoms with E-state index in [0.29, 0.717) is 24.3 Å². The van der Waals surface area contributed by atoms with Crippen LogP contribution in [-0.2, 0) is 22.4 Å². The number of fused-ring (bicyclic) bond motifs is 1. The molecule has 3 rings (SSSR count). The first kappa shape index (κ1) is 16.8. The van der Waals surface area contributed by atoms with Gasteiger partial charge in [0.05, 0.1) is 20.6 Å². The highest BCUT2D eigenvalue weighted by molar-refractivity contribution is 5.96. The van der Waals surface area contributed by atoms with Gasteiger partial charge in [-0.15, -0.1) is 0 Å². The van der Waals surface area contributed by atoms with Crippen molar-refractivity contribution in [2.24, 2.45) is 0 Å². The van der Waals surface area contributed by atoms with Crippen LogP contribution in [0, 0.1) is 0 Å². The quantitative estimate of drug-likeness (QED) is 0.877. The maximum atomic E-state index is 12.3. The molecule has 0 atom stereocenters. The maximum absolute atomic E-state index is 12.3. The molecule has 1 aliphatic rings. The second-order valence-corrected chi connectivity index (χ2v) is 5.83. The molecule has 0 spiro atoms. The second-order valence-electron chi connectivity index (χ2n) is 5.83. The van der Waals surface area contributed by atoms with Gasteiger partial charge in [-0.05, 0) is 47.9 Å². The topological polar surface area (TPSA) is 76.7 Å². The molecule has 0 unspecified atom stereocenters. The highest BCUT2D eigenvalue weighted by Gasteiger charge is 2.15. The van der Waals surface area contributed by atoms with Gasteiger partial charge in [0.15, 0.2) is 11.5 Å². The minimum Gasteiger partial charge on any atom is -0.493 e. The molecule has 130 valence electrons. The third-order valence-corrected chi connectivity index (χ3v) is 4.10. The molecule has 2 N–H and O–H groups in total. The van der Waals surface area contributed by atoms with Crippen LogP contribution in [0.15, 0.2) is 36.4 Å². The Morgan fingerprint density at radius 3 is 2.64 bits per heavy atom. The van der Waals surface area contributed by atoms with Crippen molar-refractivity contribution >= 4 is 23.2 Å². The van der Waals surface area contributed by atoms with Gasteiger partial charge in [0.25, 0.3) is 0 Å². The van der Waals surface area contributed by atoms with Crippen molar-refractivity contribution in [1.29, 1.82) is 0 Å². The van der Waals surface area contributed by atoms with Gasteiger partial charge >= 0.3 is 0 Å². The van der Waals surface area contributed by atoms with E-state index in [0.717, 1.165) is 22.5 Å². The molecule has 0 aliphatic carbocycles. The Labute approximate surface area is 146 Å². The average molecular weight is 340 g/mol. The molecule has 6 heteroatoms. The molecule has 0 fully saturated rings. The number of nitrogens with one attached hydrogen (secondary N) is 2. The molecule has 0 saturated heterocycles. The Kier molecular flexibility index (Phi) is 4.88. The predicted octanol–water partition coefficient (Wildman–Crippen LogP) is 2.77. The van der Waals surface area contributed by atoms with E-state index in [-0.39, 0.29) is 18.2 Å². The van der Waals surface area contributed by atoms with Crippen molar-refractivity contribution in [3.8, 4) is 11.5 Å². The fourth-order valence-electron chi connectivity index (χ4n) is 2.84. The number of amides is 2. The van der Waals surface area contributed by atoms with Crippen LogP contribution in [0.4, 0.5) is 11.4 Å². The second kappa shape index (κ2) is 7.25. The lowest BCUT2D eigenvalue weighted by Crippen LogP contribution is -2.19. The molecule has 0 radical (unpaired) electrons. The Balaban J connectivity index is 1.68. The minimum atomic E-state index is -0.119. The summed E-state index contributed by atoms with van der Waals surface area (Å²) < 4.78 is 10.5. The third kappa shape index (κ3) is 3.91. The molecule has 0 saturated carbocycles. The number of benzene rings is 2. The number of hydrogen-bond donors (Lipinski definition) is 2. The van der Waals surface area contributed by atoms with Crippen LogP contribution in [0.3, 0.4) is 0 Å². The number of rotatable bonds is 5. The summed E-state index contributed by atoms with van der Waals surface area (Å²) in [6.07, 6.45) is 1.38. The Morgan fingerprint density at radius 2 is 1.88 bits per heavy atom. The van der Waals surface area contributed by atoms with Crippen LogP contribution < -0.4 is 20.1 Å². The van der Waals surface area contributed by atoms with Gasteiger partial charge in [0.2, 0.25) is 11.8 Å². The van der Waals surface area contributed by atoms with Gasteiger partial charge in [0.1, 0.15) is 0 Å². The summed E-state index contributed by atoms with van der Waals surface area (Å²) in [7, 11) is 3.14. The molecular formula is C19H20N2O4. The molecule has 0 bridgehead atoms. The van der Waals surface area contributed by atoms with Crippen molar-refractivity contribution < 1.29 is 19.1 Å². The summed E-state index contributed by atoms with van der Waals surface area (Å²) in [6, 6.07) is 10.9. The van der Waals surface area contributed by atoms with Crippen LogP contribution in [0.1, 0.15) is 17.5 Å². The summed E-state index contributed by atoms with van der Waals surface area (Å²) >= 11 is 0. The zero-order valence-corrected chi connectivity index (χ0v) is 14.2. The fourth-order valence-corrected chi connectivity index (χ4v) is 2.84. The van der Waals surface area contributed by atoms with Crippen LogP contribution in [-0.4, -0.2) is 26.0 Å². The number of methoxy groups -OCH3 is 2. The SMILES string of the molecule is COc1ccc(CC(=O)Nc2ccc3c(c2)CCC(=O)N3)cc1OC. The number of aryl methyl sites for hydroxylation is 1. The zero-order chi connectivity index (χ0) is 17.8. The molecule has 6 nitrogen and oxygen atoms in total. The molecule has 2 amide bonds. The fraction of sp³-hybridized carbons (Fsp3) is 0.263. The first-order valence-electron chi connectivity index (χ1n) is 8.02. The molecule has 0 aromatic heterocycles. The predicted molar refractivity (Wildman–Crippen MR) is 95.3 cm³/mol. The van der Waals surface area contributed by atoms with Crippen molar-refractivity contribution in [3.63, 3.8) is 0 Å². The maximum Gasteiger partial charge on any atom is 0.228 e. The van der Waals surface area contributed by atoms with Gasteiger partial charge in [-0.3, -0.25) is 9.59 Å². The molecular weight excluding hydrogens is 320 g/mol. The minimum absolute atomic E-state index is 0.0257. The first-order valence-corrected chi connectivity index (χ1v) is 8.02. The van der Waals surface area contributed by atoms with Gasteiger partial charge in [-0.25, -0.2) is 0 Å². The van der Waals surface area contributed by atoms with Crippen molar-refractivity contribution in [1.82, 2.24) is 0 Å². The summed E-state index contributed by atoms with van der Waals surface area (Å²) in [6.45, 7) is 0. The van der Waals surface area contributed by atoms with Gasteiger partial charge in [-0.2, -0.15) is 0 Å². The number of hydrogen-bond acceptors (Lipinski definition) is 4. The monoisotopic (exact) mass is 340 g/mol. The van der Waals surface area contributed by atoms with Crippen LogP contribution in [0.5, 0.6) is 11.5 Å². The lowest BCUT2D eigenvalue weighted by Gasteiger charge is -2.17. The van der Waals surface area contributed by atoms with E-state index in [2.05, 4.69) is 10.6 Å². The summed E-state index contributed by atoms with van der Waals surface area (Å²) in [5.74, 6) is 1.13. The normalized spacial score (nSPS) is 12.8. The zero-order valence-electron chi connectivity index (χ0n) is 14.2. The lowest BCUT2D eigenvalue weighted by molar-refractivity contribution is -0.117. The van der Waals surface area contributed by atoms with Crippen molar-refractivity contribution in [2.45, 2.75) is 19.3 Å². The third-order valence-electron chi connectivity index (χ3n) is 4.10. The average Bonchev–Trinajstić information content (AvgIpc) is 2.61. The standard InChI is InChI=1S/C19H20N2O4/c1-24-16-7-3-12(9-17(16)25-2)10-19(23)20-14-5-6-15-13(11-14)4-8-18(22)21-15/h3,5-7,9,11H,4,8,10H2,1-2H3,(H,20,23)(H,21,22). The van der Waals surface area contributed by atoms with E-state index in [9.17, 15) is 9.59 Å². The summed E-state index contributed by atoms with van der Waals surface area (Å²) in [4.78, 5) is 23.7. The number of anilines is 2. The molecule has 2 aromatic rings. The Hall–Kier alpha value is -3.02. The van der Waals surface area contributed by atoms with Crippen molar-refractivity contribution in [3.05, 3.63) is 47.5 Å².